The lowest BCUT2D eigenvalue weighted by molar-refractivity contribution is -0.413. The summed E-state index contributed by atoms with van der Waals surface area (Å²) in [7, 11) is 0. The molecule has 0 aromatic carbocycles. The molecule has 12 aliphatic rings. The van der Waals surface area contributed by atoms with Gasteiger partial charge < -0.3 is 294 Å². The van der Waals surface area contributed by atoms with Crippen molar-refractivity contribution in [2.45, 2.75) is 423 Å². The van der Waals surface area contributed by atoms with Gasteiger partial charge in [-0.05, 0) is 13.8 Å². The summed E-state index contributed by atoms with van der Waals surface area (Å²) in [5.74, 6) is -6.12. The van der Waals surface area contributed by atoms with Gasteiger partial charge in [0.2, 0.25) is 35.4 Å². The first kappa shape index (κ1) is 122. The van der Waals surface area contributed by atoms with E-state index in [1.165, 1.54) is 13.8 Å². The maximum atomic E-state index is 13.8. The third-order valence-corrected chi connectivity index (χ3v) is 27.4. The second kappa shape index (κ2) is 53.4. The maximum absolute atomic E-state index is 13.8. The maximum Gasteiger partial charge on any atom is 0.217 e. The summed E-state index contributed by atoms with van der Waals surface area (Å²) in [6.45, 7) is -4.58. The van der Waals surface area contributed by atoms with Gasteiger partial charge in [-0.25, -0.2) is 0 Å². The molecule has 12 fully saturated rings. The molecule has 36 N–H and O–H groups in total. The Balaban J connectivity index is 0.997. The van der Waals surface area contributed by atoms with Crippen LogP contribution >= 0.6 is 0 Å². The highest BCUT2D eigenvalue weighted by atomic mass is 16.8. The molecule has 149 heavy (non-hydrogen) atoms. The van der Waals surface area contributed by atoms with Crippen molar-refractivity contribution in [1.29, 1.82) is 0 Å². The third kappa shape index (κ3) is 27.5. The Kier molecular flexibility index (Phi) is 43.8. The molecule has 860 valence electrons. The largest absolute Gasteiger partial charge is 0.394 e. The number of amides is 6. The van der Waals surface area contributed by atoms with Crippen molar-refractivity contribution in [2.75, 3.05) is 66.1 Å². The number of carbonyl (C=O) groups excluding carboxylic acids is 6. The van der Waals surface area contributed by atoms with Gasteiger partial charge in [0.25, 0.3) is 0 Å². The van der Waals surface area contributed by atoms with Crippen LogP contribution in [0, 0.1) is 0 Å². The standard InChI is InChI=1S/C84H140N6O59/c1-19-43(105)56(118)60(122)79(129-19)127-17-35-66(54(116)37(73(126)131-35)85-21(3)99)142-77-41(89-25(7)103)55(117)64(33(15-97)138-77)143-81-63(125)69(67(144-74-38(86-22(4)100)51(113)45(107)27(9-91)132-74)36(140-81)18-128-82-70(58(120)48(110)30(12-94)136-82)147-75-39(87-23(5)101)52(114)46(108)28(10-92)133-75)146-84-72(148-76-40(88-24(6)102)53(115)47(109)29(11-93)134-76)62(124)65(34(16-98)139-84)141-78-42(90-26(8)104)68(50(112)32(14-96)135-78)145-83-71(59(121)49(111)31(13-95)137-83)149-80-61(123)57(119)44(106)20(2)130-80/h19-20,27-84,91-98,105-126H,9-18H2,1-8H3,(H,85,99)(H,86,100)(H,87,101)(H,88,102)(H,89,103)(H,90,104)/t19-,20-,27+,28+,29+,30+,31+,32+,33+,34+,35+,36+,37+,38+,39+,40+,41+,42+,43+,44+,45+,46+,47+,48+,49-,50+,51+,52+,53+,54+,55+,56+,57+,58-,59-,60-,61-,62-,63-,64+,65+,66+,67+,68+,69+,70-,71+,72-,73?,74-,75-,76-,77-,78-,79+,80-,81-,82-,83-,84+/m0/s1. The minimum absolute atomic E-state index is 0.869. The average molecular weight is 2180 g/mol. The van der Waals surface area contributed by atoms with Crippen molar-refractivity contribution in [3.63, 3.8) is 0 Å². The number of hydrogen-bond donors (Lipinski definition) is 36. The van der Waals surface area contributed by atoms with Gasteiger partial charge >= 0.3 is 0 Å². The first-order chi connectivity index (χ1) is 70.4. The second-order valence-corrected chi connectivity index (χ2v) is 38.1. The lowest BCUT2D eigenvalue weighted by Crippen LogP contribution is -2.72. The van der Waals surface area contributed by atoms with Crippen LogP contribution in [0.1, 0.15) is 55.4 Å². The summed E-state index contributed by atoms with van der Waals surface area (Å²) in [4.78, 5) is 79.6. The molecule has 0 saturated carbocycles. The summed E-state index contributed by atoms with van der Waals surface area (Å²) >= 11 is 0. The fraction of sp³-hybridized carbons (Fsp3) is 0.929. The lowest BCUT2D eigenvalue weighted by atomic mass is 9.93. The fourth-order valence-electron chi connectivity index (χ4n) is 19.5. The van der Waals surface area contributed by atoms with Crippen molar-refractivity contribution in [3.05, 3.63) is 0 Å². The van der Waals surface area contributed by atoms with E-state index in [-0.39, 0.29) is 0 Å². The second-order valence-electron chi connectivity index (χ2n) is 38.1. The van der Waals surface area contributed by atoms with Gasteiger partial charge in [0, 0.05) is 41.5 Å². The molecule has 12 aliphatic heterocycles. The van der Waals surface area contributed by atoms with Gasteiger partial charge in [0.1, 0.15) is 280 Å². The first-order valence-electron chi connectivity index (χ1n) is 47.9. The molecule has 12 heterocycles. The molecule has 6 amide bonds. The van der Waals surface area contributed by atoms with Crippen molar-refractivity contribution < 1.29 is 291 Å². The Hall–Kier alpha value is -5.30. The summed E-state index contributed by atoms with van der Waals surface area (Å²) < 4.78 is 142. The van der Waals surface area contributed by atoms with Gasteiger partial charge in [0.15, 0.2) is 75.5 Å². The van der Waals surface area contributed by atoms with Gasteiger partial charge in [-0.1, -0.05) is 0 Å². The van der Waals surface area contributed by atoms with Gasteiger partial charge in [-0.2, -0.15) is 0 Å². The number of hydrogen-bond acceptors (Lipinski definition) is 59. The molecule has 0 radical (unpaired) electrons. The SMILES string of the molecule is CC(=O)N[C@H]1[C@H](O[C@H]2[C@H](O)[C@@H](NC(C)=O)C(O)O[C@@H]2CO[C@@H]2O[C@@H](C)[C@@H](O)[C@@H](O)[C@@H]2O)O[C@H](CO)[C@@H](O[C@@H]2O[C@H](CO[C@H]3O[C@H](CO)[C@@H](O)[C@H](O)[C@@H]3O[C@@H]3O[C@H](CO)[C@@H](O)[C@H](O)[C@H]3NC(C)=O)[C@@H](O[C@@H]3O[C@H](CO)[C@@H](O)[C@H](O)[C@H]3NC(C)=O)[C@H](O[C@H]3O[C@H](CO)[C@@H](O[C@@H]4O[C@H](CO)[C@@H](O)[C@H](O[C@@H]5O[C@H](CO)[C@H](O)[C@H](O)[C@H]5O[C@@H]5O[C@@H](C)[C@@H](O)[C@@H](O)[C@@H]5O)[C@H]4NC(C)=O)[C@H](O)[C@@H]3O[C@@H]3O[C@H](CO)[C@@H](O)[C@H](O)[C@H]3NC(C)=O)[C@@H]2O)[C@@H]1O. The van der Waals surface area contributed by atoms with Gasteiger partial charge in [-0.15, -0.1) is 0 Å². The Morgan fingerprint density at radius 2 is 0.436 bits per heavy atom. The highest BCUT2D eigenvalue weighted by molar-refractivity contribution is 5.75. The van der Waals surface area contributed by atoms with Crippen LogP contribution in [0.15, 0.2) is 0 Å². The highest BCUT2D eigenvalue weighted by Gasteiger charge is 2.65. The topological polar surface area (TPSA) is 994 Å². The molecule has 60 atom stereocenters. The predicted molar refractivity (Wildman–Crippen MR) is 462 cm³/mol. The van der Waals surface area contributed by atoms with E-state index >= 15 is 0 Å². The van der Waals surface area contributed by atoms with E-state index in [4.69, 9.17) is 109 Å². The Bertz CT molecular complexity index is 4230. The van der Waals surface area contributed by atoms with E-state index in [9.17, 15) is 182 Å². The zero-order chi connectivity index (χ0) is 110. The van der Waals surface area contributed by atoms with Crippen molar-refractivity contribution in [1.82, 2.24) is 31.9 Å². The van der Waals surface area contributed by atoms with E-state index in [1.54, 1.807) is 0 Å². The fourth-order valence-corrected chi connectivity index (χ4v) is 19.5. The van der Waals surface area contributed by atoms with Crippen molar-refractivity contribution >= 4 is 35.4 Å². The minimum Gasteiger partial charge on any atom is -0.394 e. The van der Waals surface area contributed by atoms with Crippen molar-refractivity contribution in [3.8, 4) is 0 Å². The zero-order valence-electron chi connectivity index (χ0n) is 81.0. The summed E-state index contributed by atoms with van der Waals surface area (Å²) in [6, 6.07) is -12.3. The van der Waals surface area contributed by atoms with Crippen LogP contribution in [-0.4, -0.2) is 623 Å². The highest BCUT2D eigenvalue weighted by Crippen LogP contribution is 2.44. The molecule has 12 saturated heterocycles. The molecule has 0 aromatic heterocycles. The molecule has 0 aliphatic carbocycles. The average Bonchev–Trinajstić information content (AvgIpc) is 0.743. The number of ether oxygens (including phenoxy) is 23. The van der Waals surface area contributed by atoms with Crippen LogP contribution in [0.4, 0.5) is 0 Å². The third-order valence-electron chi connectivity index (χ3n) is 27.4. The molecule has 65 heteroatoms. The molecule has 12 rings (SSSR count). The number of carbonyl (C=O) groups is 6. The monoisotopic (exact) mass is 2180 g/mol. The summed E-state index contributed by atoms with van der Waals surface area (Å²) in [5.41, 5.74) is 0. The first-order valence-corrected chi connectivity index (χ1v) is 47.9. The number of aliphatic hydroxyl groups excluding tert-OH is 30. The van der Waals surface area contributed by atoms with E-state index in [2.05, 4.69) is 31.9 Å². The Morgan fingerprint density at radius 1 is 0.188 bits per heavy atom. The van der Waals surface area contributed by atoms with Crippen LogP contribution in [-0.2, 0) is 138 Å². The Morgan fingerprint density at radius 3 is 0.852 bits per heavy atom. The van der Waals surface area contributed by atoms with Crippen LogP contribution in [0.2, 0.25) is 0 Å². The van der Waals surface area contributed by atoms with Gasteiger partial charge in [0.05, 0.1) is 78.3 Å². The van der Waals surface area contributed by atoms with Crippen LogP contribution in [0.3, 0.4) is 0 Å². The van der Waals surface area contributed by atoms with Crippen LogP contribution in [0.25, 0.3) is 0 Å². The number of nitrogens with one attached hydrogen (secondary N) is 6. The number of aliphatic hydroxyl groups is 30. The van der Waals surface area contributed by atoms with Crippen LogP contribution in [0.5, 0.6) is 0 Å². The summed E-state index contributed by atoms with van der Waals surface area (Å²) in [5, 5.41) is 359. The molecule has 1 unspecified atom stereocenters. The summed E-state index contributed by atoms with van der Waals surface area (Å²) in [6.07, 6.45) is -119. The smallest absolute Gasteiger partial charge is 0.217 e. The normalized spacial score (nSPS) is 49.0. The van der Waals surface area contributed by atoms with E-state index in [1.807, 2.05) is 0 Å². The molecule has 0 bridgehead atoms. The van der Waals surface area contributed by atoms with Crippen molar-refractivity contribution in [2.24, 2.45) is 0 Å². The predicted octanol–water partition coefficient (Wildman–Crippen LogP) is -24.2. The quantitative estimate of drug-likeness (QED) is 0.0273. The van der Waals surface area contributed by atoms with Crippen LogP contribution < -0.4 is 31.9 Å². The lowest BCUT2D eigenvalue weighted by Gasteiger charge is -2.53. The molecule has 0 aromatic rings. The Labute approximate surface area is 845 Å². The minimum atomic E-state index is -2.93. The molecular weight excluding hydrogens is 2040 g/mol. The number of rotatable bonds is 38. The van der Waals surface area contributed by atoms with E-state index in [0.717, 1.165) is 41.5 Å². The molecular formula is C84H140N6O59. The zero-order valence-corrected chi connectivity index (χ0v) is 81.0. The van der Waals surface area contributed by atoms with E-state index in [0.29, 0.717) is 0 Å². The molecule has 0 spiro atoms. The van der Waals surface area contributed by atoms with E-state index < -0.39 is 470 Å². The molecule has 65 nitrogen and oxygen atoms in total. The van der Waals surface area contributed by atoms with Gasteiger partial charge in [-0.3, -0.25) is 28.8 Å².